The fourth-order valence-electron chi connectivity index (χ4n) is 4.98. The fraction of sp³-hybridized carbons (Fsp3) is 0.538. The van der Waals surface area contributed by atoms with Gasteiger partial charge < -0.3 is 10.1 Å². The normalized spacial score (nSPS) is 18.9. The third kappa shape index (κ3) is 5.83. The maximum atomic E-state index is 14.7. The predicted molar refractivity (Wildman–Crippen MR) is 144 cm³/mol. The highest BCUT2D eigenvalue weighted by molar-refractivity contribution is 7.16. The molecule has 1 aromatic carbocycles. The van der Waals surface area contributed by atoms with E-state index in [0.29, 0.717) is 35.1 Å². The van der Waals surface area contributed by atoms with E-state index in [1.54, 1.807) is 0 Å². The Labute approximate surface area is 233 Å². The van der Waals surface area contributed by atoms with Crippen LogP contribution in [0.5, 0.6) is 0 Å². The molecule has 1 fully saturated rings. The van der Waals surface area contributed by atoms with Crippen LogP contribution in [0.25, 0.3) is 0 Å². The molecule has 4 rings (SSSR count). The maximum Gasteiger partial charge on any atom is 0.398 e. The number of hydrogen-bond acceptors (Lipinski definition) is 4. The lowest BCUT2D eigenvalue weighted by Gasteiger charge is -2.33. The molecule has 37 heavy (non-hydrogen) atoms. The molecule has 0 spiro atoms. The number of fused-ring (bicyclic) bond motifs is 1. The van der Waals surface area contributed by atoms with Crippen molar-refractivity contribution in [2.24, 2.45) is 4.99 Å². The van der Waals surface area contributed by atoms with Gasteiger partial charge in [-0.05, 0) is 74.3 Å². The summed E-state index contributed by atoms with van der Waals surface area (Å²) < 4.78 is 49.3. The van der Waals surface area contributed by atoms with Gasteiger partial charge in [-0.25, -0.2) is 0 Å². The van der Waals surface area contributed by atoms with Crippen LogP contribution < -0.4 is 5.32 Å². The second-order valence-electron chi connectivity index (χ2n) is 9.72. The van der Waals surface area contributed by atoms with Crippen molar-refractivity contribution in [3.8, 4) is 0 Å². The lowest BCUT2D eigenvalue weighted by Crippen LogP contribution is -2.41. The molecule has 1 saturated heterocycles. The molecule has 2 aromatic rings. The number of carbonyl (C=O) groups excluding carboxylic acids is 1. The average molecular weight is 596 g/mol. The molecule has 11 heteroatoms. The molecule has 0 radical (unpaired) electrons. The van der Waals surface area contributed by atoms with Crippen molar-refractivity contribution < 1.29 is 22.7 Å². The zero-order valence-electron chi connectivity index (χ0n) is 20.5. The van der Waals surface area contributed by atoms with Gasteiger partial charge in [0, 0.05) is 32.7 Å². The van der Waals surface area contributed by atoms with Crippen LogP contribution in [0.1, 0.15) is 70.3 Å². The number of alkyl halides is 3. The molecule has 1 aliphatic carbocycles. The van der Waals surface area contributed by atoms with Gasteiger partial charge in [-0.15, -0.1) is 11.3 Å². The number of carbonyl (C=O) groups is 1. The number of halogens is 6. The largest absolute Gasteiger partial charge is 0.398 e. The number of nitrogens with one attached hydrogen (secondary N) is 1. The maximum absolute atomic E-state index is 14.7. The molecule has 1 aliphatic heterocycles. The molecule has 202 valence electrons. The monoisotopic (exact) mass is 594 g/mol. The van der Waals surface area contributed by atoms with Crippen molar-refractivity contribution in [3.05, 3.63) is 53.6 Å². The smallest absolute Gasteiger partial charge is 0.381 e. The molecule has 1 aromatic heterocycles. The second kappa shape index (κ2) is 11.4. The third-order valence-corrected chi connectivity index (χ3v) is 9.80. The minimum absolute atomic E-state index is 0.00787. The van der Waals surface area contributed by atoms with Crippen molar-refractivity contribution in [1.82, 2.24) is 5.32 Å². The number of thiophene rings is 1. The number of benzene rings is 1. The van der Waals surface area contributed by atoms with Gasteiger partial charge in [0.15, 0.2) is 0 Å². The number of amides is 1. The van der Waals surface area contributed by atoms with Gasteiger partial charge in [0.1, 0.15) is 0 Å². The average Bonchev–Trinajstić information content (AvgIpc) is 3.25. The number of aliphatic imine (C=N–C) groups is 1. The molecule has 1 atom stereocenters. The molecule has 1 N–H and O–H groups in total. The number of nitrogens with zero attached hydrogens (tertiary/aromatic N) is 1. The van der Waals surface area contributed by atoms with E-state index in [2.05, 4.69) is 10.3 Å². The topological polar surface area (TPSA) is 50.7 Å². The predicted octanol–water partition coefficient (Wildman–Crippen LogP) is 7.83. The van der Waals surface area contributed by atoms with E-state index in [1.807, 2.05) is 0 Å². The Hall–Kier alpha value is -1.32. The van der Waals surface area contributed by atoms with Crippen LogP contribution in [-0.4, -0.2) is 44.1 Å². The lowest BCUT2D eigenvalue weighted by atomic mass is 9.76. The first-order valence-corrected chi connectivity index (χ1v) is 14.1. The van der Waals surface area contributed by atoms with Crippen LogP contribution in [0.2, 0.25) is 15.1 Å². The van der Waals surface area contributed by atoms with Gasteiger partial charge in [0.2, 0.25) is 0 Å². The highest BCUT2D eigenvalue weighted by Crippen LogP contribution is 2.48. The summed E-state index contributed by atoms with van der Waals surface area (Å²) in [5.74, 6) is -0.174. The van der Waals surface area contributed by atoms with E-state index in [1.165, 1.54) is 30.5 Å². The standard InChI is InChI=1S/C26H28Cl3F3N2O2S/c1-25(26(30,31)32,14-11-18(27)21(29)19(28)12-14)13-20(33-2)22-16-5-3-4-6-17(16)23(37-22)24(35)34-15-7-9-36-10-8-15/h11-12,15H,3-10,13H2,1-2H3,(H,34,35). The fourth-order valence-corrected chi connectivity index (χ4v) is 6.91. The van der Waals surface area contributed by atoms with Crippen LogP contribution >= 0.6 is 46.1 Å². The van der Waals surface area contributed by atoms with E-state index in [4.69, 9.17) is 39.5 Å². The molecular weight excluding hydrogens is 568 g/mol. The van der Waals surface area contributed by atoms with Gasteiger partial charge >= 0.3 is 6.18 Å². The lowest BCUT2D eigenvalue weighted by molar-refractivity contribution is -0.183. The minimum Gasteiger partial charge on any atom is -0.381 e. The summed E-state index contributed by atoms with van der Waals surface area (Å²) in [4.78, 5) is 18.8. The van der Waals surface area contributed by atoms with Crippen LogP contribution in [0.15, 0.2) is 17.1 Å². The Morgan fingerprint density at radius 1 is 1.08 bits per heavy atom. The minimum atomic E-state index is -4.63. The Balaban J connectivity index is 1.72. The molecule has 2 heterocycles. The Kier molecular flexibility index (Phi) is 8.86. The van der Waals surface area contributed by atoms with Crippen LogP contribution in [0.3, 0.4) is 0 Å². The SMILES string of the molecule is CN=C(CC(C)(c1cc(Cl)c(Cl)c(Cl)c1)C(F)(F)F)c1sc(C(=O)NC2CCOCC2)c2c1CCCC2. The number of rotatable bonds is 6. The summed E-state index contributed by atoms with van der Waals surface area (Å²) in [5.41, 5.74) is -0.261. The van der Waals surface area contributed by atoms with E-state index in [-0.39, 0.29) is 32.6 Å². The Morgan fingerprint density at radius 3 is 2.19 bits per heavy atom. The zero-order valence-corrected chi connectivity index (χ0v) is 23.6. The summed E-state index contributed by atoms with van der Waals surface area (Å²) in [6.07, 6.45) is -0.327. The number of hydrogen-bond donors (Lipinski definition) is 1. The highest BCUT2D eigenvalue weighted by atomic mass is 35.5. The third-order valence-electron chi connectivity index (χ3n) is 7.28. The van der Waals surface area contributed by atoms with Gasteiger partial charge in [-0.3, -0.25) is 9.79 Å². The van der Waals surface area contributed by atoms with E-state index in [0.717, 1.165) is 50.2 Å². The quantitative estimate of drug-likeness (QED) is 0.273. The van der Waals surface area contributed by atoms with Crippen molar-refractivity contribution in [2.75, 3.05) is 20.3 Å². The van der Waals surface area contributed by atoms with Gasteiger partial charge in [0.25, 0.3) is 5.91 Å². The number of ether oxygens (including phenoxy) is 1. The first-order valence-electron chi connectivity index (χ1n) is 12.2. The van der Waals surface area contributed by atoms with Gasteiger partial charge in [-0.1, -0.05) is 34.8 Å². The van der Waals surface area contributed by atoms with Crippen molar-refractivity contribution in [1.29, 1.82) is 0 Å². The summed E-state index contributed by atoms with van der Waals surface area (Å²) >= 11 is 19.5. The molecule has 4 nitrogen and oxygen atoms in total. The van der Waals surface area contributed by atoms with Crippen LogP contribution in [-0.2, 0) is 23.0 Å². The van der Waals surface area contributed by atoms with Gasteiger partial charge in [0.05, 0.1) is 35.9 Å². The Morgan fingerprint density at radius 2 is 1.65 bits per heavy atom. The van der Waals surface area contributed by atoms with E-state index < -0.39 is 18.0 Å². The van der Waals surface area contributed by atoms with Gasteiger partial charge in [-0.2, -0.15) is 13.2 Å². The van der Waals surface area contributed by atoms with E-state index >= 15 is 0 Å². The first-order chi connectivity index (χ1) is 17.5. The summed E-state index contributed by atoms with van der Waals surface area (Å²) in [5, 5.41) is 3.02. The highest BCUT2D eigenvalue weighted by Gasteiger charge is 2.53. The summed E-state index contributed by atoms with van der Waals surface area (Å²) in [6, 6.07) is 2.46. The van der Waals surface area contributed by atoms with E-state index in [9.17, 15) is 18.0 Å². The zero-order chi connectivity index (χ0) is 27.0. The van der Waals surface area contributed by atoms with Crippen LogP contribution in [0, 0.1) is 0 Å². The molecule has 1 amide bonds. The second-order valence-corrected chi connectivity index (χ2v) is 11.9. The van der Waals surface area contributed by atoms with Crippen molar-refractivity contribution in [3.63, 3.8) is 0 Å². The molecule has 2 aliphatic rings. The summed E-state index contributed by atoms with van der Waals surface area (Å²) in [6.45, 7) is 2.31. The molecular formula is C26H28Cl3F3N2O2S. The first kappa shape index (κ1) is 28.7. The van der Waals surface area contributed by atoms with Crippen molar-refractivity contribution in [2.45, 2.75) is 69.5 Å². The van der Waals surface area contributed by atoms with Crippen molar-refractivity contribution >= 4 is 57.8 Å². The molecule has 0 bridgehead atoms. The van der Waals surface area contributed by atoms with Crippen LogP contribution in [0.4, 0.5) is 13.2 Å². The molecule has 1 unspecified atom stereocenters. The summed E-state index contributed by atoms with van der Waals surface area (Å²) in [7, 11) is 1.49. The molecule has 0 saturated carbocycles. The Bertz CT molecular complexity index is 1190.